The van der Waals surface area contributed by atoms with Gasteiger partial charge in [-0.3, -0.25) is 0 Å². The summed E-state index contributed by atoms with van der Waals surface area (Å²) in [5, 5.41) is 7.31. The third-order valence-electron chi connectivity index (χ3n) is 4.02. The van der Waals surface area contributed by atoms with Crippen molar-refractivity contribution in [3.63, 3.8) is 0 Å². The second-order valence-electron chi connectivity index (χ2n) is 5.98. The van der Waals surface area contributed by atoms with Crippen LogP contribution in [0.4, 0.5) is 5.69 Å². The lowest BCUT2D eigenvalue weighted by Crippen LogP contribution is -2.31. The fraction of sp³-hybridized carbons (Fsp3) is 0.316. The van der Waals surface area contributed by atoms with E-state index in [1.165, 1.54) is 27.8 Å². The molecule has 0 amide bonds. The van der Waals surface area contributed by atoms with Gasteiger partial charge in [-0.25, -0.2) is 0 Å². The number of hydrogen-bond donors (Lipinski definition) is 2. The zero-order chi connectivity index (χ0) is 16.3. The first-order valence-electron chi connectivity index (χ1n) is 7.58. The maximum absolute atomic E-state index is 5.45. The summed E-state index contributed by atoms with van der Waals surface area (Å²) < 4.78 is 0. The molecule has 0 aliphatic carbocycles. The minimum atomic E-state index is 0.171. The summed E-state index contributed by atoms with van der Waals surface area (Å²) in [6, 6.07) is 13.0. The molecule has 1 atom stereocenters. The molecule has 0 aromatic heterocycles. The van der Waals surface area contributed by atoms with Gasteiger partial charge in [-0.15, -0.1) is 0 Å². The SMILES string of the molecule is Cc1ccc(C)c(NC(=S)NC(C)c2ccc(C)c(C)c2)c1. The van der Waals surface area contributed by atoms with E-state index in [-0.39, 0.29) is 6.04 Å². The van der Waals surface area contributed by atoms with Crippen LogP contribution in [0.3, 0.4) is 0 Å². The predicted molar refractivity (Wildman–Crippen MR) is 99.6 cm³/mol. The summed E-state index contributed by atoms with van der Waals surface area (Å²) in [6.45, 7) is 10.6. The van der Waals surface area contributed by atoms with Crippen molar-refractivity contribution in [1.82, 2.24) is 5.32 Å². The fourth-order valence-corrected chi connectivity index (χ4v) is 2.63. The number of nitrogens with one attached hydrogen (secondary N) is 2. The van der Waals surface area contributed by atoms with E-state index < -0.39 is 0 Å². The number of anilines is 1. The fourth-order valence-electron chi connectivity index (χ4n) is 2.34. The van der Waals surface area contributed by atoms with E-state index in [9.17, 15) is 0 Å². The first kappa shape index (κ1) is 16.5. The number of benzene rings is 2. The first-order valence-corrected chi connectivity index (χ1v) is 7.99. The Labute approximate surface area is 139 Å². The van der Waals surface area contributed by atoms with Crippen LogP contribution >= 0.6 is 12.2 Å². The highest BCUT2D eigenvalue weighted by atomic mass is 32.1. The lowest BCUT2D eigenvalue weighted by molar-refractivity contribution is 0.721. The van der Waals surface area contributed by atoms with Crippen LogP contribution in [-0.4, -0.2) is 5.11 Å². The Hall–Kier alpha value is -1.87. The van der Waals surface area contributed by atoms with Crippen LogP contribution in [0, 0.1) is 27.7 Å². The molecule has 1 unspecified atom stereocenters. The Morgan fingerprint density at radius 1 is 0.909 bits per heavy atom. The number of hydrogen-bond acceptors (Lipinski definition) is 1. The van der Waals surface area contributed by atoms with E-state index >= 15 is 0 Å². The molecule has 2 nitrogen and oxygen atoms in total. The van der Waals surface area contributed by atoms with Crippen molar-refractivity contribution in [3.8, 4) is 0 Å². The molecule has 116 valence electrons. The molecule has 0 aliphatic rings. The normalized spacial score (nSPS) is 11.9. The van der Waals surface area contributed by atoms with Crippen LogP contribution in [0.1, 0.15) is 40.8 Å². The summed E-state index contributed by atoms with van der Waals surface area (Å²) in [5.74, 6) is 0. The predicted octanol–water partition coefficient (Wildman–Crippen LogP) is 4.97. The van der Waals surface area contributed by atoms with E-state index in [2.05, 4.69) is 81.7 Å². The third kappa shape index (κ3) is 4.08. The quantitative estimate of drug-likeness (QED) is 0.783. The smallest absolute Gasteiger partial charge is 0.171 e. The molecular formula is C19H24N2S. The molecule has 2 N–H and O–H groups in total. The summed E-state index contributed by atoms with van der Waals surface area (Å²) in [4.78, 5) is 0. The first-order chi connectivity index (χ1) is 10.4. The molecule has 0 saturated heterocycles. The molecule has 0 aliphatic heterocycles. The molecule has 0 saturated carbocycles. The summed E-state index contributed by atoms with van der Waals surface area (Å²) in [5.41, 5.74) is 7.33. The molecule has 22 heavy (non-hydrogen) atoms. The van der Waals surface area contributed by atoms with E-state index in [1.54, 1.807) is 0 Å². The molecular weight excluding hydrogens is 288 g/mol. The van der Waals surface area contributed by atoms with Crippen LogP contribution in [0.5, 0.6) is 0 Å². The van der Waals surface area contributed by atoms with E-state index in [0.717, 1.165) is 5.69 Å². The van der Waals surface area contributed by atoms with Gasteiger partial charge in [-0.05, 0) is 80.7 Å². The monoisotopic (exact) mass is 312 g/mol. The minimum Gasteiger partial charge on any atom is -0.356 e. The van der Waals surface area contributed by atoms with Crippen molar-refractivity contribution in [2.24, 2.45) is 0 Å². The van der Waals surface area contributed by atoms with Crippen molar-refractivity contribution in [2.75, 3.05) is 5.32 Å². The molecule has 0 bridgehead atoms. The van der Waals surface area contributed by atoms with Gasteiger partial charge in [0.2, 0.25) is 0 Å². The van der Waals surface area contributed by atoms with E-state index in [1.807, 2.05) is 0 Å². The highest BCUT2D eigenvalue weighted by Gasteiger charge is 2.09. The Balaban J connectivity index is 2.04. The second kappa shape index (κ2) is 6.93. The number of thiocarbonyl (C=S) groups is 1. The molecule has 3 heteroatoms. The van der Waals surface area contributed by atoms with Gasteiger partial charge >= 0.3 is 0 Å². The summed E-state index contributed by atoms with van der Waals surface area (Å²) in [7, 11) is 0. The Morgan fingerprint density at radius 2 is 1.59 bits per heavy atom. The minimum absolute atomic E-state index is 0.171. The van der Waals surface area contributed by atoms with Gasteiger partial charge in [-0.1, -0.05) is 30.3 Å². The van der Waals surface area contributed by atoms with Crippen molar-refractivity contribution < 1.29 is 0 Å². The largest absolute Gasteiger partial charge is 0.356 e. The molecule has 0 radical (unpaired) electrons. The lowest BCUT2D eigenvalue weighted by Gasteiger charge is -2.19. The summed E-state index contributed by atoms with van der Waals surface area (Å²) in [6.07, 6.45) is 0. The lowest BCUT2D eigenvalue weighted by atomic mass is 10.0. The van der Waals surface area contributed by atoms with E-state index in [0.29, 0.717) is 5.11 Å². The van der Waals surface area contributed by atoms with Crippen molar-refractivity contribution in [3.05, 3.63) is 64.2 Å². The standard InChI is InChI=1S/C19H24N2S/c1-12-6-7-14(3)18(10-12)21-19(22)20-16(5)17-9-8-13(2)15(4)11-17/h6-11,16H,1-5H3,(H2,20,21,22). The molecule has 2 aromatic carbocycles. The third-order valence-corrected chi connectivity index (χ3v) is 4.24. The summed E-state index contributed by atoms with van der Waals surface area (Å²) >= 11 is 5.45. The van der Waals surface area contributed by atoms with Crippen LogP contribution < -0.4 is 10.6 Å². The molecule has 0 heterocycles. The molecule has 2 rings (SSSR count). The maximum Gasteiger partial charge on any atom is 0.171 e. The van der Waals surface area contributed by atoms with Crippen LogP contribution in [0.15, 0.2) is 36.4 Å². The molecule has 0 fully saturated rings. The average Bonchev–Trinajstić information content (AvgIpc) is 2.45. The van der Waals surface area contributed by atoms with Gasteiger partial charge in [0, 0.05) is 5.69 Å². The molecule has 2 aromatic rings. The van der Waals surface area contributed by atoms with E-state index in [4.69, 9.17) is 12.2 Å². The zero-order valence-electron chi connectivity index (χ0n) is 13.9. The number of rotatable bonds is 3. The van der Waals surface area contributed by atoms with Gasteiger partial charge in [0.1, 0.15) is 0 Å². The van der Waals surface area contributed by atoms with Gasteiger partial charge in [0.15, 0.2) is 5.11 Å². The number of aryl methyl sites for hydroxylation is 4. The van der Waals surface area contributed by atoms with Crippen LogP contribution in [0.25, 0.3) is 0 Å². The van der Waals surface area contributed by atoms with Crippen molar-refractivity contribution in [2.45, 2.75) is 40.7 Å². The average molecular weight is 312 g/mol. The van der Waals surface area contributed by atoms with Crippen LogP contribution in [0.2, 0.25) is 0 Å². The second-order valence-corrected chi connectivity index (χ2v) is 6.39. The van der Waals surface area contributed by atoms with Gasteiger partial charge in [-0.2, -0.15) is 0 Å². The van der Waals surface area contributed by atoms with Gasteiger partial charge in [0.25, 0.3) is 0 Å². The Kier molecular flexibility index (Phi) is 5.19. The topological polar surface area (TPSA) is 24.1 Å². The highest BCUT2D eigenvalue weighted by molar-refractivity contribution is 7.80. The maximum atomic E-state index is 5.45. The Morgan fingerprint density at radius 3 is 2.27 bits per heavy atom. The Bertz CT molecular complexity index is 692. The van der Waals surface area contributed by atoms with Crippen molar-refractivity contribution >= 4 is 23.0 Å². The molecule has 0 spiro atoms. The van der Waals surface area contributed by atoms with Gasteiger partial charge < -0.3 is 10.6 Å². The van der Waals surface area contributed by atoms with Crippen molar-refractivity contribution in [1.29, 1.82) is 0 Å². The highest BCUT2D eigenvalue weighted by Crippen LogP contribution is 2.19. The van der Waals surface area contributed by atoms with Gasteiger partial charge in [0.05, 0.1) is 6.04 Å². The zero-order valence-corrected chi connectivity index (χ0v) is 14.8. The van der Waals surface area contributed by atoms with Crippen LogP contribution in [-0.2, 0) is 0 Å².